The van der Waals surface area contributed by atoms with Crippen LogP contribution in [0.5, 0.6) is 0 Å². The van der Waals surface area contributed by atoms with E-state index in [0.717, 1.165) is 0 Å². The van der Waals surface area contributed by atoms with Crippen molar-refractivity contribution in [2.24, 2.45) is 0 Å². The van der Waals surface area contributed by atoms with Crippen LogP contribution in [0.3, 0.4) is 0 Å². The SMILES string of the molecule is CC1OC(O)C(O)C(O)C1OC1OC(CO)C(O)C(O)C1O. The zero-order valence-electron chi connectivity index (χ0n) is 11.8. The molecule has 2 saturated heterocycles. The molecule has 2 aliphatic rings. The maximum atomic E-state index is 9.92. The van der Waals surface area contributed by atoms with E-state index >= 15 is 0 Å². The van der Waals surface area contributed by atoms with Crippen molar-refractivity contribution in [1.82, 2.24) is 0 Å². The van der Waals surface area contributed by atoms with Crippen molar-refractivity contribution >= 4 is 0 Å². The Balaban J connectivity index is 2.08. The maximum absolute atomic E-state index is 9.92. The predicted molar refractivity (Wildman–Crippen MR) is 67.2 cm³/mol. The standard InChI is InChI=1S/C12H22O10/c1-3-10(7(16)8(17)11(19)20-3)22-12-9(18)6(15)5(14)4(2-13)21-12/h3-19H,2H2,1H3. The molecule has 10 atom stereocenters. The van der Waals surface area contributed by atoms with Crippen LogP contribution in [0.1, 0.15) is 6.92 Å². The summed E-state index contributed by atoms with van der Waals surface area (Å²) in [4.78, 5) is 0. The van der Waals surface area contributed by atoms with Crippen LogP contribution in [0.25, 0.3) is 0 Å². The van der Waals surface area contributed by atoms with Gasteiger partial charge in [-0.15, -0.1) is 0 Å². The Morgan fingerprint density at radius 3 is 2.05 bits per heavy atom. The average Bonchev–Trinajstić information content (AvgIpc) is 2.49. The monoisotopic (exact) mass is 326 g/mol. The van der Waals surface area contributed by atoms with E-state index in [1.165, 1.54) is 6.92 Å². The lowest BCUT2D eigenvalue weighted by Gasteiger charge is -2.44. The van der Waals surface area contributed by atoms with Crippen molar-refractivity contribution in [1.29, 1.82) is 0 Å². The molecule has 2 aliphatic heterocycles. The molecule has 22 heavy (non-hydrogen) atoms. The third-order valence-electron chi connectivity index (χ3n) is 3.94. The molecule has 0 amide bonds. The summed E-state index contributed by atoms with van der Waals surface area (Å²) in [6.45, 7) is 0.846. The van der Waals surface area contributed by atoms with Gasteiger partial charge in [-0.05, 0) is 6.92 Å². The topological polar surface area (TPSA) is 169 Å². The summed E-state index contributed by atoms with van der Waals surface area (Å²) in [5.74, 6) is 0. The zero-order valence-corrected chi connectivity index (χ0v) is 11.8. The molecule has 10 unspecified atom stereocenters. The van der Waals surface area contributed by atoms with Crippen molar-refractivity contribution in [3.05, 3.63) is 0 Å². The predicted octanol–water partition coefficient (Wildman–Crippen LogP) is -4.37. The summed E-state index contributed by atoms with van der Waals surface area (Å²) in [5, 5.41) is 67.2. The fourth-order valence-electron chi connectivity index (χ4n) is 2.54. The van der Waals surface area contributed by atoms with Gasteiger partial charge < -0.3 is 50.0 Å². The summed E-state index contributed by atoms with van der Waals surface area (Å²) in [5.41, 5.74) is 0. The van der Waals surface area contributed by atoms with Crippen LogP contribution >= 0.6 is 0 Å². The van der Waals surface area contributed by atoms with E-state index < -0.39 is 68.0 Å². The molecule has 0 aliphatic carbocycles. The average molecular weight is 326 g/mol. The Hall–Kier alpha value is -0.400. The molecule has 0 aromatic rings. The van der Waals surface area contributed by atoms with Gasteiger partial charge in [0.2, 0.25) is 0 Å². The Morgan fingerprint density at radius 1 is 0.818 bits per heavy atom. The summed E-state index contributed by atoms with van der Waals surface area (Å²) >= 11 is 0. The van der Waals surface area contributed by atoms with Crippen LogP contribution in [0, 0.1) is 0 Å². The molecule has 0 spiro atoms. The number of rotatable bonds is 3. The Labute approximate surface area is 126 Å². The molecule has 0 saturated carbocycles. The van der Waals surface area contributed by atoms with Gasteiger partial charge >= 0.3 is 0 Å². The Bertz CT molecular complexity index is 366. The Morgan fingerprint density at radius 2 is 1.45 bits per heavy atom. The lowest BCUT2D eigenvalue weighted by atomic mass is 9.97. The number of aliphatic hydroxyl groups is 7. The van der Waals surface area contributed by atoms with Crippen LogP contribution in [-0.2, 0) is 14.2 Å². The lowest BCUT2D eigenvalue weighted by Crippen LogP contribution is -2.63. The van der Waals surface area contributed by atoms with E-state index in [9.17, 15) is 30.6 Å². The van der Waals surface area contributed by atoms with E-state index in [1.807, 2.05) is 0 Å². The molecule has 0 aromatic carbocycles. The molecule has 0 bridgehead atoms. The fraction of sp³-hybridized carbons (Fsp3) is 1.00. The summed E-state index contributed by atoms with van der Waals surface area (Å²) in [6.07, 6.45) is -14.2. The molecule has 2 rings (SSSR count). The van der Waals surface area contributed by atoms with E-state index in [-0.39, 0.29) is 0 Å². The van der Waals surface area contributed by atoms with Gasteiger partial charge in [0.1, 0.15) is 42.7 Å². The van der Waals surface area contributed by atoms with Crippen molar-refractivity contribution < 1.29 is 50.0 Å². The van der Waals surface area contributed by atoms with E-state index in [2.05, 4.69) is 0 Å². The van der Waals surface area contributed by atoms with Crippen LogP contribution in [-0.4, -0.2) is 104 Å². The molecular weight excluding hydrogens is 304 g/mol. The number of hydrogen-bond donors (Lipinski definition) is 7. The van der Waals surface area contributed by atoms with Gasteiger partial charge in [-0.3, -0.25) is 0 Å². The first-order valence-corrected chi connectivity index (χ1v) is 6.93. The van der Waals surface area contributed by atoms with Gasteiger partial charge in [0.25, 0.3) is 0 Å². The smallest absolute Gasteiger partial charge is 0.187 e. The molecular formula is C12H22O10. The third kappa shape index (κ3) is 3.26. The van der Waals surface area contributed by atoms with Gasteiger partial charge in [-0.25, -0.2) is 0 Å². The Kier molecular flexibility index (Phi) is 5.72. The summed E-state index contributed by atoms with van der Waals surface area (Å²) < 4.78 is 15.5. The number of aliphatic hydroxyl groups excluding tert-OH is 7. The van der Waals surface area contributed by atoms with Gasteiger partial charge in [-0.1, -0.05) is 0 Å². The lowest BCUT2D eigenvalue weighted by molar-refractivity contribution is -0.351. The number of hydrogen-bond acceptors (Lipinski definition) is 10. The molecule has 0 aromatic heterocycles. The molecule has 10 heteroatoms. The van der Waals surface area contributed by atoms with Crippen molar-refractivity contribution in [3.8, 4) is 0 Å². The highest BCUT2D eigenvalue weighted by Crippen LogP contribution is 2.28. The summed E-state index contributed by atoms with van der Waals surface area (Å²) in [7, 11) is 0. The van der Waals surface area contributed by atoms with Gasteiger partial charge in [-0.2, -0.15) is 0 Å². The first kappa shape index (κ1) is 17.9. The zero-order chi connectivity index (χ0) is 16.6. The molecule has 2 heterocycles. The van der Waals surface area contributed by atoms with Crippen molar-refractivity contribution in [2.75, 3.05) is 6.61 Å². The maximum Gasteiger partial charge on any atom is 0.187 e. The second kappa shape index (κ2) is 7.01. The highest BCUT2D eigenvalue weighted by atomic mass is 16.7. The molecule has 10 nitrogen and oxygen atoms in total. The third-order valence-corrected chi connectivity index (χ3v) is 3.94. The normalized spacial score (nSPS) is 53.5. The molecule has 0 radical (unpaired) electrons. The van der Waals surface area contributed by atoms with E-state index in [0.29, 0.717) is 0 Å². The minimum Gasteiger partial charge on any atom is -0.394 e. The quantitative estimate of drug-likeness (QED) is 0.269. The molecule has 7 N–H and O–H groups in total. The largest absolute Gasteiger partial charge is 0.394 e. The van der Waals surface area contributed by atoms with Crippen molar-refractivity contribution in [3.63, 3.8) is 0 Å². The van der Waals surface area contributed by atoms with Gasteiger partial charge in [0.05, 0.1) is 12.7 Å². The molecule has 130 valence electrons. The highest BCUT2D eigenvalue weighted by molar-refractivity contribution is 4.92. The highest BCUT2D eigenvalue weighted by Gasteiger charge is 2.49. The molecule has 2 fully saturated rings. The first-order chi connectivity index (χ1) is 10.3. The van der Waals surface area contributed by atoms with E-state index in [4.69, 9.17) is 19.3 Å². The number of ether oxygens (including phenoxy) is 3. The second-order valence-corrected chi connectivity index (χ2v) is 5.51. The first-order valence-electron chi connectivity index (χ1n) is 6.93. The van der Waals surface area contributed by atoms with Crippen LogP contribution in [0.4, 0.5) is 0 Å². The minimum atomic E-state index is -1.64. The van der Waals surface area contributed by atoms with Crippen molar-refractivity contribution in [2.45, 2.75) is 68.3 Å². The minimum absolute atomic E-state index is 0.620. The van der Waals surface area contributed by atoms with E-state index in [1.54, 1.807) is 0 Å². The van der Waals surface area contributed by atoms with Crippen LogP contribution < -0.4 is 0 Å². The summed E-state index contributed by atoms with van der Waals surface area (Å²) in [6, 6.07) is 0. The van der Waals surface area contributed by atoms with Gasteiger partial charge in [0, 0.05) is 0 Å². The van der Waals surface area contributed by atoms with Crippen LogP contribution in [0.2, 0.25) is 0 Å². The second-order valence-electron chi connectivity index (χ2n) is 5.51. The van der Waals surface area contributed by atoms with Gasteiger partial charge in [0.15, 0.2) is 12.6 Å². The van der Waals surface area contributed by atoms with Crippen LogP contribution in [0.15, 0.2) is 0 Å². The fourth-order valence-corrected chi connectivity index (χ4v) is 2.54.